The molecule has 1 amide bonds. The second-order valence-corrected chi connectivity index (χ2v) is 8.50. The lowest BCUT2D eigenvalue weighted by atomic mass is 10.3. The predicted molar refractivity (Wildman–Crippen MR) is 112 cm³/mol. The Morgan fingerprint density at radius 1 is 1.25 bits per heavy atom. The van der Waals surface area contributed by atoms with Gasteiger partial charge in [0.15, 0.2) is 15.3 Å². The number of ether oxygens (including phenoxy) is 1. The molecule has 0 fully saturated rings. The van der Waals surface area contributed by atoms with Gasteiger partial charge < -0.3 is 4.74 Å². The van der Waals surface area contributed by atoms with Crippen LogP contribution in [0.5, 0.6) is 0 Å². The Morgan fingerprint density at radius 2 is 2.07 bits per heavy atom. The van der Waals surface area contributed by atoms with Crippen molar-refractivity contribution in [1.29, 1.82) is 0 Å². The third kappa shape index (κ3) is 5.41. The van der Waals surface area contributed by atoms with Crippen molar-refractivity contribution < 1.29 is 9.53 Å². The minimum atomic E-state index is -0.183. The molecule has 28 heavy (non-hydrogen) atoms. The summed E-state index contributed by atoms with van der Waals surface area (Å²) in [6.07, 6.45) is 1.79. The first-order valence-electron chi connectivity index (χ1n) is 8.19. The van der Waals surface area contributed by atoms with Crippen molar-refractivity contribution in [3.8, 4) is 5.69 Å². The van der Waals surface area contributed by atoms with Crippen LogP contribution < -0.4 is 5.32 Å². The Bertz CT molecular complexity index is 928. The smallest absolute Gasteiger partial charge is 0.236 e. The molecule has 0 spiro atoms. The third-order valence-electron chi connectivity index (χ3n) is 3.30. The Balaban J connectivity index is 1.65. The molecule has 11 heteroatoms. The lowest BCUT2D eigenvalue weighted by Gasteiger charge is -2.09. The third-order valence-corrected chi connectivity index (χ3v) is 6.19. The zero-order chi connectivity index (χ0) is 19.8. The van der Waals surface area contributed by atoms with Gasteiger partial charge in [0.05, 0.1) is 5.75 Å². The normalized spacial score (nSPS) is 10.8. The number of carbonyl (C=O) groups is 1. The van der Waals surface area contributed by atoms with E-state index in [0.29, 0.717) is 22.7 Å². The van der Waals surface area contributed by atoms with Crippen LogP contribution in [0.3, 0.4) is 0 Å². The average Bonchev–Trinajstić information content (AvgIpc) is 3.32. The number of thioether (sulfide) groups is 2. The molecule has 8 nitrogen and oxygen atoms in total. The maximum absolute atomic E-state index is 12.3. The van der Waals surface area contributed by atoms with Crippen molar-refractivity contribution in [2.75, 3.05) is 23.9 Å². The van der Waals surface area contributed by atoms with Gasteiger partial charge in [-0.3, -0.25) is 14.7 Å². The molecular formula is C17H18N6O2S3. The monoisotopic (exact) mass is 434 g/mol. The zero-order valence-corrected chi connectivity index (χ0v) is 17.5. The summed E-state index contributed by atoms with van der Waals surface area (Å²) in [5.74, 6) is 1.41. The molecule has 2 heterocycles. The molecule has 3 rings (SSSR count). The van der Waals surface area contributed by atoms with E-state index in [-0.39, 0.29) is 11.7 Å². The minimum absolute atomic E-state index is 0.173. The van der Waals surface area contributed by atoms with Crippen LogP contribution in [0.25, 0.3) is 5.69 Å². The van der Waals surface area contributed by atoms with E-state index < -0.39 is 0 Å². The molecule has 0 aliphatic heterocycles. The number of benzene rings is 1. The lowest BCUT2D eigenvalue weighted by molar-refractivity contribution is -0.113. The fourth-order valence-electron chi connectivity index (χ4n) is 2.19. The summed E-state index contributed by atoms with van der Waals surface area (Å²) in [4.78, 5) is 12.3. The van der Waals surface area contributed by atoms with Crippen molar-refractivity contribution in [1.82, 2.24) is 25.0 Å². The van der Waals surface area contributed by atoms with Gasteiger partial charge in [0.25, 0.3) is 0 Å². The summed E-state index contributed by atoms with van der Waals surface area (Å²) >= 11 is 4.15. The van der Waals surface area contributed by atoms with E-state index in [0.717, 1.165) is 15.8 Å². The molecule has 0 saturated heterocycles. The molecule has 0 saturated carbocycles. The standard InChI is InChI=1S/C17H18N6O2S3/c1-3-9-26-17-22-20-15(28-17)18-14(24)11-27-16-21-19-13(10-25-2)23(16)12-7-5-4-6-8-12/h3-8H,1,9-11H2,2H3,(H,18,20,24). The van der Waals surface area contributed by atoms with Crippen LogP contribution in [-0.2, 0) is 16.1 Å². The molecule has 3 aromatic rings. The Hall–Kier alpha value is -2.21. The summed E-state index contributed by atoms with van der Waals surface area (Å²) in [5.41, 5.74) is 0.912. The van der Waals surface area contributed by atoms with E-state index in [9.17, 15) is 4.79 Å². The first kappa shape index (κ1) is 20.5. The van der Waals surface area contributed by atoms with E-state index >= 15 is 0 Å². The van der Waals surface area contributed by atoms with E-state index in [2.05, 4.69) is 32.3 Å². The van der Waals surface area contributed by atoms with Gasteiger partial charge >= 0.3 is 0 Å². The van der Waals surface area contributed by atoms with Crippen LogP contribution in [0.15, 0.2) is 52.5 Å². The highest BCUT2D eigenvalue weighted by Gasteiger charge is 2.16. The van der Waals surface area contributed by atoms with Gasteiger partial charge in [-0.1, -0.05) is 59.1 Å². The largest absolute Gasteiger partial charge is 0.377 e. The maximum atomic E-state index is 12.3. The van der Waals surface area contributed by atoms with Crippen molar-refractivity contribution in [3.63, 3.8) is 0 Å². The highest BCUT2D eigenvalue weighted by Crippen LogP contribution is 2.26. The summed E-state index contributed by atoms with van der Waals surface area (Å²) in [6, 6.07) is 9.72. The molecule has 0 radical (unpaired) electrons. The average molecular weight is 435 g/mol. The molecule has 0 aliphatic rings. The maximum Gasteiger partial charge on any atom is 0.236 e. The molecule has 0 aliphatic carbocycles. The van der Waals surface area contributed by atoms with Crippen molar-refractivity contribution in [2.45, 2.75) is 16.1 Å². The van der Waals surface area contributed by atoms with Crippen LogP contribution in [0.4, 0.5) is 5.13 Å². The zero-order valence-electron chi connectivity index (χ0n) is 15.1. The molecule has 2 aromatic heterocycles. The molecule has 1 aromatic carbocycles. The van der Waals surface area contributed by atoms with Crippen LogP contribution >= 0.6 is 34.9 Å². The van der Waals surface area contributed by atoms with Gasteiger partial charge in [-0.15, -0.1) is 27.0 Å². The minimum Gasteiger partial charge on any atom is -0.377 e. The Morgan fingerprint density at radius 3 is 2.82 bits per heavy atom. The molecule has 1 N–H and O–H groups in total. The SMILES string of the molecule is C=CCSc1nnc(NC(=O)CSc2nnc(COC)n2-c2ccccc2)s1. The quantitative estimate of drug-likeness (QED) is 0.295. The van der Waals surface area contributed by atoms with Crippen molar-refractivity contribution in [2.24, 2.45) is 0 Å². The van der Waals surface area contributed by atoms with Gasteiger partial charge in [-0.25, -0.2) is 0 Å². The fourth-order valence-corrected chi connectivity index (χ4v) is 4.49. The first-order chi connectivity index (χ1) is 13.7. The van der Waals surface area contributed by atoms with Crippen LogP contribution in [0, 0.1) is 0 Å². The number of methoxy groups -OCH3 is 1. The highest BCUT2D eigenvalue weighted by molar-refractivity contribution is 8.01. The number of rotatable bonds is 10. The number of amides is 1. The van der Waals surface area contributed by atoms with Gasteiger partial charge in [0.1, 0.15) is 6.61 Å². The van der Waals surface area contributed by atoms with Crippen molar-refractivity contribution in [3.05, 3.63) is 48.8 Å². The molecule has 0 bridgehead atoms. The van der Waals surface area contributed by atoms with E-state index in [1.807, 2.05) is 34.9 Å². The van der Waals surface area contributed by atoms with E-state index in [1.54, 1.807) is 13.2 Å². The summed E-state index contributed by atoms with van der Waals surface area (Å²) in [5, 5.41) is 20.2. The number of aromatic nitrogens is 5. The number of hydrogen-bond acceptors (Lipinski definition) is 9. The number of carbonyl (C=O) groups excluding carboxylic acids is 1. The van der Waals surface area contributed by atoms with Crippen molar-refractivity contribution >= 4 is 45.9 Å². The van der Waals surface area contributed by atoms with Gasteiger partial charge in [-0.05, 0) is 12.1 Å². The lowest BCUT2D eigenvalue weighted by Crippen LogP contribution is -2.14. The molecule has 0 unspecified atom stereocenters. The number of para-hydroxylation sites is 1. The Labute approximate surface area is 174 Å². The predicted octanol–water partition coefficient (Wildman–Crippen LogP) is 3.27. The summed E-state index contributed by atoms with van der Waals surface area (Å²) in [7, 11) is 1.61. The molecule has 0 atom stereocenters. The number of nitrogens with zero attached hydrogens (tertiary/aromatic N) is 5. The second-order valence-electron chi connectivity index (χ2n) is 5.31. The van der Waals surface area contributed by atoms with Gasteiger partial charge in [0, 0.05) is 18.6 Å². The van der Waals surface area contributed by atoms with E-state index in [4.69, 9.17) is 4.74 Å². The van der Waals surface area contributed by atoms with Gasteiger partial charge in [0.2, 0.25) is 11.0 Å². The summed E-state index contributed by atoms with van der Waals surface area (Å²) < 4.78 is 7.88. The second kappa shape index (κ2) is 10.4. The highest BCUT2D eigenvalue weighted by atomic mass is 32.2. The van der Waals surface area contributed by atoms with E-state index in [1.165, 1.54) is 34.9 Å². The number of anilines is 1. The number of hydrogen-bond donors (Lipinski definition) is 1. The Kier molecular flexibility index (Phi) is 7.60. The van der Waals surface area contributed by atoms with Crippen LogP contribution in [0.1, 0.15) is 5.82 Å². The summed E-state index contributed by atoms with van der Waals surface area (Å²) in [6.45, 7) is 3.99. The van der Waals surface area contributed by atoms with Crippen LogP contribution in [-0.4, -0.2) is 49.5 Å². The van der Waals surface area contributed by atoms with Crippen LogP contribution in [0.2, 0.25) is 0 Å². The molecular weight excluding hydrogens is 416 g/mol. The van der Waals surface area contributed by atoms with Gasteiger partial charge in [-0.2, -0.15) is 0 Å². The first-order valence-corrected chi connectivity index (χ1v) is 11.0. The molecule has 146 valence electrons. The fraction of sp³-hybridized carbons (Fsp3) is 0.235. The number of nitrogens with one attached hydrogen (secondary N) is 1. The topological polar surface area (TPSA) is 94.8 Å².